The van der Waals surface area contributed by atoms with E-state index >= 15 is 0 Å². The van der Waals surface area contributed by atoms with Crippen LogP contribution in [0.15, 0.2) is 42.0 Å². The van der Waals surface area contributed by atoms with Crippen LogP contribution in [-0.2, 0) is 19.2 Å². The van der Waals surface area contributed by atoms with Crippen LogP contribution >= 0.6 is 23.2 Å². The topological polar surface area (TPSA) is 147 Å². The average molecular weight is 616 g/mol. The summed E-state index contributed by atoms with van der Waals surface area (Å²) in [5, 5.41) is 10.1. The molecule has 218 valence electrons. The number of carbonyl (C=O) groups excluding carboxylic acids is 5. The smallest absolute Gasteiger partial charge is 0.328 e. The molecule has 6 amide bonds. The van der Waals surface area contributed by atoms with Gasteiger partial charge in [0.1, 0.15) is 5.82 Å². The first-order valence-corrected chi connectivity index (χ1v) is 13.9. The molecule has 0 radical (unpaired) electrons. The van der Waals surface area contributed by atoms with Gasteiger partial charge >= 0.3 is 6.03 Å². The van der Waals surface area contributed by atoms with Gasteiger partial charge in [0.05, 0.1) is 46.0 Å². The summed E-state index contributed by atoms with van der Waals surface area (Å²) >= 11 is 12.4. The third-order valence-electron chi connectivity index (χ3n) is 9.26. The number of anilines is 1. The highest BCUT2D eigenvalue weighted by atomic mass is 35.5. The maximum absolute atomic E-state index is 14.4. The number of methoxy groups -OCH3 is 1. The molecule has 42 heavy (non-hydrogen) atoms. The Morgan fingerprint density at radius 2 is 1.79 bits per heavy atom. The molecule has 1 saturated carbocycles. The fraction of sp³-hybridized carbons (Fsp3) is 0.345. The Morgan fingerprint density at radius 3 is 2.43 bits per heavy atom. The van der Waals surface area contributed by atoms with Gasteiger partial charge in [0.25, 0.3) is 0 Å². The van der Waals surface area contributed by atoms with Crippen LogP contribution in [0.5, 0.6) is 11.5 Å². The third-order valence-corrected chi connectivity index (χ3v) is 9.84. The molecule has 0 aromatic heterocycles. The number of hydrogen-bond acceptors (Lipinski definition) is 7. The van der Waals surface area contributed by atoms with Crippen LogP contribution in [0.25, 0.3) is 0 Å². The number of hydrogen-bond donors (Lipinski definition) is 2. The molecular weight excluding hydrogens is 592 g/mol. The largest absolute Gasteiger partial charge is 0.503 e. The molecule has 3 N–H and O–H groups in total. The number of fused-ring (bicyclic) bond motifs is 4. The molecule has 2 saturated heterocycles. The molecule has 2 aromatic carbocycles. The van der Waals surface area contributed by atoms with Crippen LogP contribution in [0.1, 0.15) is 31.2 Å². The number of amides is 6. The average Bonchev–Trinajstić information content (AvgIpc) is 3.31. The van der Waals surface area contributed by atoms with E-state index in [9.17, 15) is 33.5 Å². The molecule has 0 bridgehead atoms. The normalized spacial score (nSPS) is 30.2. The summed E-state index contributed by atoms with van der Waals surface area (Å²) in [4.78, 5) is 68.4. The van der Waals surface area contributed by atoms with Crippen LogP contribution in [-0.4, -0.2) is 46.8 Å². The van der Waals surface area contributed by atoms with E-state index in [0.29, 0.717) is 16.0 Å². The first-order chi connectivity index (χ1) is 19.8. The first kappa shape index (κ1) is 28.2. The van der Waals surface area contributed by atoms with E-state index in [4.69, 9.17) is 33.7 Å². The van der Waals surface area contributed by atoms with E-state index in [2.05, 4.69) is 0 Å². The van der Waals surface area contributed by atoms with Crippen molar-refractivity contribution in [2.75, 3.05) is 12.0 Å². The number of phenolic OH excluding ortho intramolecular Hbond substituents is 1. The molecule has 6 unspecified atom stereocenters. The number of nitrogens with zero attached hydrogens (tertiary/aromatic N) is 2. The molecular formula is C29H24Cl2FN3O7. The second-order valence-corrected chi connectivity index (χ2v) is 12.0. The third kappa shape index (κ3) is 3.65. The Kier molecular flexibility index (Phi) is 6.39. The maximum atomic E-state index is 14.4. The molecule has 10 nitrogen and oxygen atoms in total. The summed E-state index contributed by atoms with van der Waals surface area (Å²) in [6.45, 7) is 1.64. The fourth-order valence-corrected chi connectivity index (χ4v) is 7.79. The number of benzene rings is 2. The highest BCUT2D eigenvalue weighted by Crippen LogP contribution is 2.64. The summed E-state index contributed by atoms with van der Waals surface area (Å²) in [7, 11) is 1.33. The van der Waals surface area contributed by atoms with E-state index in [1.165, 1.54) is 31.4 Å². The van der Waals surface area contributed by atoms with Crippen molar-refractivity contribution in [1.82, 2.24) is 4.90 Å². The molecule has 2 aliphatic carbocycles. The van der Waals surface area contributed by atoms with Gasteiger partial charge in [-0.15, -0.1) is 0 Å². The molecule has 4 aliphatic rings. The number of aromatic hydroxyl groups is 1. The van der Waals surface area contributed by atoms with Crippen molar-refractivity contribution in [2.45, 2.75) is 25.7 Å². The molecule has 2 aromatic rings. The van der Waals surface area contributed by atoms with Crippen LogP contribution in [0.3, 0.4) is 0 Å². The highest BCUT2D eigenvalue weighted by Gasteiger charge is 2.68. The summed E-state index contributed by atoms with van der Waals surface area (Å²) in [6, 6.07) is 5.32. The molecule has 0 spiro atoms. The van der Waals surface area contributed by atoms with Gasteiger partial charge in [-0.25, -0.2) is 14.1 Å². The number of urea groups is 1. The molecule has 2 aliphatic heterocycles. The van der Waals surface area contributed by atoms with Crippen LogP contribution in [0, 0.1) is 34.9 Å². The summed E-state index contributed by atoms with van der Waals surface area (Å²) in [5.41, 5.74) is 5.06. The van der Waals surface area contributed by atoms with Crippen LogP contribution in [0.4, 0.5) is 14.9 Å². The number of nitrogens with two attached hydrogens (primary N) is 1. The van der Waals surface area contributed by atoms with Gasteiger partial charge in [-0.3, -0.25) is 19.2 Å². The Hall–Kier alpha value is -3.96. The second-order valence-electron chi connectivity index (χ2n) is 11.2. The van der Waals surface area contributed by atoms with E-state index in [0.717, 1.165) is 11.0 Å². The van der Waals surface area contributed by atoms with Gasteiger partial charge in [0.2, 0.25) is 23.6 Å². The lowest BCUT2D eigenvalue weighted by Crippen LogP contribution is -2.49. The lowest BCUT2D eigenvalue weighted by atomic mass is 9.51. The predicted octanol–water partition coefficient (Wildman–Crippen LogP) is 4.16. The van der Waals surface area contributed by atoms with Gasteiger partial charge < -0.3 is 15.6 Å². The van der Waals surface area contributed by atoms with Gasteiger partial charge in [0.15, 0.2) is 11.5 Å². The minimum absolute atomic E-state index is 0.0184. The van der Waals surface area contributed by atoms with E-state index in [1.807, 2.05) is 0 Å². The zero-order valence-electron chi connectivity index (χ0n) is 22.3. The van der Waals surface area contributed by atoms with Crippen molar-refractivity contribution < 1.29 is 38.2 Å². The van der Waals surface area contributed by atoms with Crippen LogP contribution in [0.2, 0.25) is 10.0 Å². The summed E-state index contributed by atoms with van der Waals surface area (Å²) in [6.07, 6.45) is 1.89. The van der Waals surface area contributed by atoms with E-state index in [1.54, 1.807) is 13.0 Å². The predicted molar refractivity (Wildman–Crippen MR) is 147 cm³/mol. The maximum Gasteiger partial charge on any atom is 0.328 e. The number of primary amides is 1. The quantitative estimate of drug-likeness (QED) is 0.389. The van der Waals surface area contributed by atoms with E-state index < -0.39 is 70.5 Å². The Bertz CT molecular complexity index is 1660. The van der Waals surface area contributed by atoms with E-state index in [-0.39, 0.29) is 40.1 Å². The van der Waals surface area contributed by atoms with Crippen molar-refractivity contribution in [3.8, 4) is 11.5 Å². The standard InChI is InChI=1S/C29H24Cl2FN3O7/c1-29-16(25(38)34(27(29)40)12-3-6-19(32)17(30)9-12)10-15-13(22(29)11-7-18(31)23(36)20(8-11)42-2)4-5-14-21(15)26(39)35(24(14)37)28(33)41/h3-4,6-9,14-16,21-22,36H,5,10H2,1-2H3,(H2,33,41). The fourth-order valence-electron chi connectivity index (χ4n) is 7.40. The Morgan fingerprint density at radius 1 is 1.07 bits per heavy atom. The minimum Gasteiger partial charge on any atom is -0.503 e. The van der Waals surface area contributed by atoms with Crippen molar-refractivity contribution in [3.63, 3.8) is 0 Å². The SMILES string of the molecule is COc1cc(C2C3=CCC4C(=O)N(C(N)=O)C(=O)C4C3CC3C(=O)N(c4ccc(F)c(Cl)c4)C(=O)C32C)cc(Cl)c1O. The van der Waals surface area contributed by atoms with Crippen molar-refractivity contribution in [1.29, 1.82) is 0 Å². The zero-order chi connectivity index (χ0) is 30.4. The summed E-state index contributed by atoms with van der Waals surface area (Å²) < 4.78 is 19.3. The number of halogens is 3. The van der Waals surface area contributed by atoms with Gasteiger partial charge in [-0.1, -0.05) is 34.9 Å². The Balaban J connectivity index is 1.56. The summed E-state index contributed by atoms with van der Waals surface area (Å²) in [5.74, 6) is -8.05. The highest BCUT2D eigenvalue weighted by molar-refractivity contribution is 6.32. The lowest BCUT2D eigenvalue weighted by Gasteiger charge is -2.49. The molecule has 13 heteroatoms. The van der Waals surface area contributed by atoms with Gasteiger partial charge in [-0.2, -0.15) is 4.90 Å². The Labute approximate surface area is 248 Å². The van der Waals surface area contributed by atoms with Crippen molar-refractivity contribution >= 4 is 58.5 Å². The van der Waals surface area contributed by atoms with Crippen molar-refractivity contribution in [2.24, 2.45) is 34.8 Å². The number of ether oxygens (including phenoxy) is 1. The second kappa shape index (κ2) is 9.53. The van der Waals surface area contributed by atoms with Crippen LogP contribution < -0.4 is 15.4 Å². The molecule has 2 heterocycles. The monoisotopic (exact) mass is 615 g/mol. The number of carbonyl (C=O) groups is 5. The van der Waals surface area contributed by atoms with Crippen molar-refractivity contribution in [3.05, 3.63) is 63.4 Å². The van der Waals surface area contributed by atoms with Gasteiger partial charge in [-0.05, 0) is 61.6 Å². The zero-order valence-corrected chi connectivity index (χ0v) is 23.8. The molecule has 6 rings (SSSR count). The van der Waals surface area contributed by atoms with Gasteiger partial charge in [0, 0.05) is 5.92 Å². The number of rotatable bonds is 3. The molecule has 3 fully saturated rings. The number of allylic oxidation sites excluding steroid dienone is 2. The first-order valence-electron chi connectivity index (χ1n) is 13.1. The lowest BCUT2D eigenvalue weighted by molar-refractivity contribution is -0.136. The number of imide groups is 4. The molecule has 6 atom stereocenters. The number of phenols is 1. The minimum atomic E-state index is -1.44. The number of likely N-dealkylation sites (tertiary alicyclic amines) is 1.